The fraction of sp³-hybridized carbons (Fsp3) is 0.136. The third-order valence-corrected chi connectivity index (χ3v) is 5.96. The van der Waals surface area contributed by atoms with Gasteiger partial charge in [0.05, 0.1) is 18.5 Å². The summed E-state index contributed by atoms with van der Waals surface area (Å²) in [6.07, 6.45) is 1.18. The smallest absolute Gasteiger partial charge is 0.255 e. The lowest BCUT2D eigenvalue weighted by Gasteiger charge is -2.22. The highest BCUT2D eigenvalue weighted by atomic mass is 35.5. The van der Waals surface area contributed by atoms with Crippen molar-refractivity contribution in [2.45, 2.75) is 13.5 Å². The molecule has 0 bridgehead atoms. The van der Waals surface area contributed by atoms with E-state index in [4.69, 9.17) is 11.6 Å². The lowest BCUT2D eigenvalue weighted by Crippen LogP contribution is -2.29. The average Bonchev–Trinajstić information content (AvgIpc) is 2.69. The summed E-state index contributed by atoms with van der Waals surface area (Å²) >= 11 is 6.09. The maximum Gasteiger partial charge on any atom is 0.255 e. The van der Waals surface area contributed by atoms with Crippen molar-refractivity contribution in [3.8, 4) is 0 Å². The number of anilines is 2. The number of halogens is 1. The number of hydrogen-bond donors (Lipinski definition) is 1. The van der Waals surface area contributed by atoms with Crippen molar-refractivity contribution < 1.29 is 13.2 Å². The molecule has 0 radical (unpaired) electrons. The van der Waals surface area contributed by atoms with Crippen molar-refractivity contribution in [2.24, 2.45) is 0 Å². The number of para-hydroxylation sites is 1. The molecule has 1 amide bonds. The monoisotopic (exact) mass is 428 g/mol. The van der Waals surface area contributed by atoms with Crippen molar-refractivity contribution in [1.82, 2.24) is 0 Å². The Hall–Kier alpha value is -2.83. The summed E-state index contributed by atoms with van der Waals surface area (Å²) < 4.78 is 25.8. The minimum atomic E-state index is -3.45. The summed E-state index contributed by atoms with van der Waals surface area (Å²) in [6, 6.07) is 21.1. The summed E-state index contributed by atoms with van der Waals surface area (Å²) in [7, 11) is -3.45. The molecule has 0 aliphatic rings. The van der Waals surface area contributed by atoms with Gasteiger partial charge in [0.1, 0.15) is 0 Å². The molecule has 0 heterocycles. The van der Waals surface area contributed by atoms with Gasteiger partial charge in [0.25, 0.3) is 5.91 Å². The molecule has 7 heteroatoms. The third kappa shape index (κ3) is 5.37. The van der Waals surface area contributed by atoms with Crippen LogP contribution in [0.3, 0.4) is 0 Å². The summed E-state index contributed by atoms with van der Waals surface area (Å²) in [5.74, 6) is -0.264. The number of nitrogens with one attached hydrogen (secondary N) is 1. The van der Waals surface area contributed by atoms with E-state index < -0.39 is 10.0 Å². The predicted octanol–water partition coefficient (Wildman–Crippen LogP) is 4.87. The first-order valence-corrected chi connectivity index (χ1v) is 11.2. The van der Waals surface area contributed by atoms with Gasteiger partial charge >= 0.3 is 0 Å². The van der Waals surface area contributed by atoms with Gasteiger partial charge in [-0.05, 0) is 54.4 Å². The SMILES string of the molecule is Cc1ccc(NC(=O)c2ccc(CN(c3ccccc3)S(C)(=O)=O)cc2)cc1Cl. The summed E-state index contributed by atoms with van der Waals surface area (Å²) in [5, 5.41) is 3.39. The van der Waals surface area contributed by atoms with Crippen molar-refractivity contribution in [1.29, 1.82) is 0 Å². The summed E-state index contributed by atoms with van der Waals surface area (Å²) in [6.45, 7) is 2.07. The quantitative estimate of drug-likeness (QED) is 0.609. The minimum Gasteiger partial charge on any atom is -0.322 e. The largest absolute Gasteiger partial charge is 0.322 e. The van der Waals surface area contributed by atoms with Crippen LogP contribution >= 0.6 is 11.6 Å². The van der Waals surface area contributed by atoms with Crippen LogP contribution in [0.25, 0.3) is 0 Å². The number of aryl methyl sites for hydroxylation is 1. The van der Waals surface area contributed by atoms with Crippen molar-refractivity contribution in [3.05, 3.63) is 94.5 Å². The molecule has 0 fully saturated rings. The normalized spacial score (nSPS) is 11.1. The maximum atomic E-state index is 12.5. The Labute approximate surface area is 176 Å². The van der Waals surface area contributed by atoms with Gasteiger partial charge in [-0.15, -0.1) is 0 Å². The third-order valence-electron chi connectivity index (χ3n) is 4.42. The van der Waals surface area contributed by atoms with E-state index in [1.165, 1.54) is 10.6 Å². The van der Waals surface area contributed by atoms with Crippen molar-refractivity contribution in [3.63, 3.8) is 0 Å². The lowest BCUT2D eigenvalue weighted by atomic mass is 10.1. The predicted molar refractivity (Wildman–Crippen MR) is 118 cm³/mol. The van der Waals surface area contributed by atoms with Crippen LogP contribution in [-0.2, 0) is 16.6 Å². The zero-order valence-electron chi connectivity index (χ0n) is 16.1. The van der Waals surface area contributed by atoms with Crippen LogP contribution < -0.4 is 9.62 Å². The van der Waals surface area contributed by atoms with E-state index in [1.807, 2.05) is 19.1 Å². The molecule has 29 heavy (non-hydrogen) atoms. The van der Waals surface area contributed by atoms with Gasteiger partial charge in [-0.25, -0.2) is 8.42 Å². The van der Waals surface area contributed by atoms with E-state index in [9.17, 15) is 13.2 Å². The second-order valence-corrected chi connectivity index (χ2v) is 9.03. The number of sulfonamides is 1. The van der Waals surface area contributed by atoms with Gasteiger partial charge in [-0.2, -0.15) is 0 Å². The number of rotatable bonds is 6. The first-order valence-electron chi connectivity index (χ1n) is 8.93. The highest BCUT2D eigenvalue weighted by Crippen LogP contribution is 2.22. The summed E-state index contributed by atoms with van der Waals surface area (Å²) in [5.41, 5.74) is 3.38. The van der Waals surface area contributed by atoms with E-state index >= 15 is 0 Å². The molecular formula is C22H21ClN2O3S. The van der Waals surface area contributed by atoms with E-state index in [0.717, 1.165) is 11.1 Å². The average molecular weight is 429 g/mol. The maximum absolute atomic E-state index is 12.5. The topological polar surface area (TPSA) is 66.5 Å². The van der Waals surface area contributed by atoms with Crippen LogP contribution in [0, 0.1) is 6.92 Å². The lowest BCUT2D eigenvalue weighted by molar-refractivity contribution is 0.102. The van der Waals surface area contributed by atoms with Gasteiger partial charge < -0.3 is 5.32 Å². The zero-order valence-corrected chi connectivity index (χ0v) is 17.7. The fourth-order valence-electron chi connectivity index (χ4n) is 2.80. The number of amides is 1. The summed E-state index contributed by atoms with van der Waals surface area (Å²) in [4.78, 5) is 12.5. The molecule has 0 aromatic heterocycles. The number of carbonyl (C=O) groups is 1. The van der Waals surface area contributed by atoms with Crippen LogP contribution in [0.4, 0.5) is 11.4 Å². The second-order valence-electron chi connectivity index (χ2n) is 6.72. The molecule has 0 aliphatic carbocycles. The Morgan fingerprint density at radius 1 is 1.00 bits per heavy atom. The Bertz CT molecular complexity index is 1110. The van der Waals surface area contributed by atoms with E-state index in [-0.39, 0.29) is 12.5 Å². The molecule has 0 saturated heterocycles. The molecular weight excluding hydrogens is 408 g/mol. The molecule has 0 atom stereocenters. The van der Waals surface area contributed by atoms with Crippen LogP contribution in [0.1, 0.15) is 21.5 Å². The first kappa shape index (κ1) is 20.9. The standard InChI is InChI=1S/C22H21ClN2O3S/c1-16-8-13-19(14-21(16)23)24-22(26)18-11-9-17(10-12-18)15-25(29(2,27)28)20-6-4-3-5-7-20/h3-14H,15H2,1-2H3,(H,24,26). The molecule has 0 spiro atoms. The minimum absolute atomic E-state index is 0.179. The van der Waals surface area contributed by atoms with Gasteiger partial charge in [0.2, 0.25) is 10.0 Å². The molecule has 0 saturated carbocycles. The van der Waals surface area contributed by atoms with Gasteiger partial charge in [0, 0.05) is 16.3 Å². The Morgan fingerprint density at radius 2 is 1.66 bits per heavy atom. The van der Waals surface area contributed by atoms with E-state index in [2.05, 4.69) is 5.32 Å². The number of nitrogens with zero attached hydrogens (tertiary/aromatic N) is 1. The Morgan fingerprint density at radius 3 is 2.24 bits per heavy atom. The molecule has 5 nitrogen and oxygen atoms in total. The van der Waals surface area contributed by atoms with Gasteiger partial charge in [-0.3, -0.25) is 9.10 Å². The van der Waals surface area contributed by atoms with Crippen molar-refractivity contribution in [2.75, 3.05) is 15.9 Å². The Balaban J connectivity index is 1.75. The fourth-order valence-corrected chi connectivity index (χ4v) is 3.86. The second kappa shape index (κ2) is 8.68. The Kier molecular flexibility index (Phi) is 6.25. The molecule has 3 rings (SSSR count). The number of carbonyl (C=O) groups excluding carboxylic acids is 1. The van der Waals surface area contributed by atoms with Gasteiger partial charge in [0.15, 0.2) is 0 Å². The molecule has 150 valence electrons. The zero-order chi connectivity index (χ0) is 21.0. The molecule has 1 N–H and O–H groups in total. The van der Waals surface area contributed by atoms with Crippen LogP contribution in [-0.4, -0.2) is 20.6 Å². The van der Waals surface area contributed by atoms with Crippen LogP contribution in [0.15, 0.2) is 72.8 Å². The highest BCUT2D eigenvalue weighted by Gasteiger charge is 2.18. The number of hydrogen-bond acceptors (Lipinski definition) is 3. The number of benzene rings is 3. The molecule has 3 aromatic rings. The van der Waals surface area contributed by atoms with E-state index in [0.29, 0.717) is 22.0 Å². The van der Waals surface area contributed by atoms with Crippen molar-refractivity contribution >= 4 is 38.9 Å². The van der Waals surface area contributed by atoms with Crippen LogP contribution in [0.5, 0.6) is 0 Å². The molecule has 0 unspecified atom stereocenters. The highest BCUT2D eigenvalue weighted by molar-refractivity contribution is 7.92. The first-order chi connectivity index (χ1) is 13.7. The van der Waals surface area contributed by atoms with Crippen LogP contribution in [0.2, 0.25) is 5.02 Å². The van der Waals surface area contributed by atoms with E-state index in [1.54, 1.807) is 60.7 Å². The molecule has 0 aliphatic heterocycles. The molecule has 3 aromatic carbocycles. The van der Waals surface area contributed by atoms with Gasteiger partial charge in [-0.1, -0.05) is 48.0 Å².